The maximum absolute atomic E-state index is 4.60. The van der Waals surface area contributed by atoms with Crippen LogP contribution in [0.25, 0.3) is 0 Å². The van der Waals surface area contributed by atoms with Gasteiger partial charge < -0.3 is 10.2 Å². The first-order valence-corrected chi connectivity index (χ1v) is 7.34. The van der Waals surface area contributed by atoms with Gasteiger partial charge >= 0.3 is 0 Å². The standard InChI is InChI=1S/C13H23N3S/c1-9(2)11-6-5-7-16(11)13-15-8-12(17-13)10(3)14-4/h8-11,14H,5-7H2,1-4H3. The summed E-state index contributed by atoms with van der Waals surface area (Å²) < 4.78 is 0. The summed E-state index contributed by atoms with van der Waals surface area (Å²) >= 11 is 1.84. The molecule has 4 heteroatoms. The molecule has 1 aromatic heterocycles. The number of nitrogens with zero attached hydrogens (tertiary/aromatic N) is 2. The van der Waals surface area contributed by atoms with Crippen molar-refractivity contribution >= 4 is 16.5 Å². The molecule has 0 aromatic carbocycles. The normalized spacial score (nSPS) is 22.4. The highest BCUT2D eigenvalue weighted by Gasteiger charge is 2.29. The Labute approximate surface area is 108 Å². The van der Waals surface area contributed by atoms with Crippen LogP contribution in [0.3, 0.4) is 0 Å². The first-order chi connectivity index (χ1) is 8.13. The lowest BCUT2D eigenvalue weighted by molar-refractivity contribution is 0.491. The van der Waals surface area contributed by atoms with Crippen molar-refractivity contribution in [2.75, 3.05) is 18.5 Å². The first kappa shape index (κ1) is 12.8. The predicted octanol–water partition coefficient (Wildman–Crippen LogP) is 3.05. The minimum atomic E-state index is 0.404. The molecule has 1 saturated heterocycles. The van der Waals surface area contributed by atoms with Gasteiger partial charge in [0.1, 0.15) is 0 Å². The van der Waals surface area contributed by atoms with Crippen LogP contribution in [-0.4, -0.2) is 24.6 Å². The highest BCUT2D eigenvalue weighted by Crippen LogP contribution is 2.34. The molecule has 2 unspecified atom stereocenters. The third-order valence-corrected chi connectivity index (χ3v) is 4.90. The largest absolute Gasteiger partial charge is 0.345 e. The summed E-state index contributed by atoms with van der Waals surface area (Å²) in [7, 11) is 2.00. The summed E-state index contributed by atoms with van der Waals surface area (Å²) in [6, 6.07) is 1.08. The number of thiazole rings is 1. The number of hydrogen-bond acceptors (Lipinski definition) is 4. The fraction of sp³-hybridized carbons (Fsp3) is 0.769. The fourth-order valence-corrected chi connectivity index (χ4v) is 3.54. The molecule has 1 fully saturated rings. The molecule has 17 heavy (non-hydrogen) atoms. The minimum absolute atomic E-state index is 0.404. The van der Waals surface area contributed by atoms with E-state index >= 15 is 0 Å². The van der Waals surface area contributed by atoms with E-state index < -0.39 is 0 Å². The molecule has 0 amide bonds. The number of anilines is 1. The molecule has 0 spiro atoms. The molecule has 2 heterocycles. The number of hydrogen-bond donors (Lipinski definition) is 1. The number of nitrogens with one attached hydrogen (secondary N) is 1. The van der Waals surface area contributed by atoms with Crippen molar-refractivity contribution < 1.29 is 0 Å². The Bertz CT molecular complexity index is 361. The van der Waals surface area contributed by atoms with Gasteiger partial charge in [0, 0.05) is 29.7 Å². The van der Waals surface area contributed by atoms with Gasteiger partial charge in [0.05, 0.1) is 0 Å². The molecule has 0 bridgehead atoms. The summed E-state index contributed by atoms with van der Waals surface area (Å²) in [6.45, 7) is 7.98. The second kappa shape index (κ2) is 5.36. The Hall–Kier alpha value is -0.610. The maximum Gasteiger partial charge on any atom is 0.185 e. The van der Waals surface area contributed by atoms with Crippen molar-refractivity contribution in [2.45, 2.75) is 45.7 Å². The van der Waals surface area contributed by atoms with Crippen LogP contribution in [0.1, 0.15) is 44.5 Å². The van der Waals surface area contributed by atoms with E-state index in [1.807, 2.05) is 24.6 Å². The average molecular weight is 253 g/mol. The zero-order valence-electron chi connectivity index (χ0n) is 11.2. The van der Waals surface area contributed by atoms with Crippen LogP contribution in [0, 0.1) is 5.92 Å². The quantitative estimate of drug-likeness (QED) is 0.894. The lowest BCUT2D eigenvalue weighted by atomic mass is 10.0. The molecule has 1 aliphatic rings. The Balaban J connectivity index is 2.14. The molecule has 1 aromatic rings. The van der Waals surface area contributed by atoms with Crippen molar-refractivity contribution in [3.05, 3.63) is 11.1 Å². The van der Waals surface area contributed by atoms with E-state index in [2.05, 4.69) is 36.0 Å². The Morgan fingerprint density at radius 1 is 1.47 bits per heavy atom. The zero-order chi connectivity index (χ0) is 12.4. The van der Waals surface area contributed by atoms with Crippen LogP contribution < -0.4 is 10.2 Å². The highest BCUT2D eigenvalue weighted by atomic mass is 32.1. The Morgan fingerprint density at radius 2 is 2.24 bits per heavy atom. The van der Waals surface area contributed by atoms with Gasteiger partial charge in [-0.3, -0.25) is 0 Å². The van der Waals surface area contributed by atoms with E-state index in [1.54, 1.807) is 0 Å². The van der Waals surface area contributed by atoms with E-state index in [4.69, 9.17) is 0 Å². The molecule has 1 N–H and O–H groups in total. The molecule has 0 aliphatic carbocycles. The molecular formula is C13H23N3S. The second-order valence-corrected chi connectivity index (χ2v) is 6.24. The molecule has 3 nitrogen and oxygen atoms in total. The van der Waals surface area contributed by atoms with Gasteiger partial charge in [0.2, 0.25) is 0 Å². The first-order valence-electron chi connectivity index (χ1n) is 6.53. The van der Waals surface area contributed by atoms with Crippen molar-refractivity contribution in [1.82, 2.24) is 10.3 Å². The number of aromatic nitrogens is 1. The zero-order valence-corrected chi connectivity index (χ0v) is 12.0. The van der Waals surface area contributed by atoms with Crippen LogP contribution in [0.4, 0.5) is 5.13 Å². The molecular weight excluding hydrogens is 230 g/mol. The lowest BCUT2D eigenvalue weighted by Gasteiger charge is -2.27. The molecule has 0 saturated carbocycles. The predicted molar refractivity (Wildman–Crippen MR) is 74.8 cm³/mol. The topological polar surface area (TPSA) is 28.2 Å². The monoisotopic (exact) mass is 253 g/mol. The van der Waals surface area contributed by atoms with Gasteiger partial charge in [0.15, 0.2) is 5.13 Å². The lowest BCUT2D eigenvalue weighted by Crippen LogP contribution is -2.33. The number of rotatable bonds is 4. The van der Waals surface area contributed by atoms with Crippen LogP contribution in [0.15, 0.2) is 6.20 Å². The van der Waals surface area contributed by atoms with Crippen molar-refractivity contribution in [3.63, 3.8) is 0 Å². The Morgan fingerprint density at radius 3 is 2.88 bits per heavy atom. The highest BCUT2D eigenvalue weighted by molar-refractivity contribution is 7.15. The van der Waals surface area contributed by atoms with Gasteiger partial charge in [-0.15, -0.1) is 11.3 Å². The van der Waals surface area contributed by atoms with Crippen molar-refractivity contribution in [1.29, 1.82) is 0 Å². The summed E-state index contributed by atoms with van der Waals surface area (Å²) in [5.41, 5.74) is 0. The molecule has 0 radical (unpaired) electrons. The fourth-order valence-electron chi connectivity index (χ4n) is 2.48. The Kier molecular flexibility index (Phi) is 4.05. The average Bonchev–Trinajstić information content (AvgIpc) is 2.95. The van der Waals surface area contributed by atoms with Gasteiger partial charge in [-0.2, -0.15) is 0 Å². The second-order valence-electron chi connectivity index (χ2n) is 5.20. The van der Waals surface area contributed by atoms with Crippen LogP contribution in [0.5, 0.6) is 0 Å². The summed E-state index contributed by atoms with van der Waals surface area (Å²) in [5.74, 6) is 0.714. The molecule has 2 atom stereocenters. The van der Waals surface area contributed by atoms with Crippen molar-refractivity contribution in [3.8, 4) is 0 Å². The third kappa shape index (κ3) is 2.63. The van der Waals surface area contributed by atoms with Crippen molar-refractivity contribution in [2.24, 2.45) is 5.92 Å². The van der Waals surface area contributed by atoms with E-state index in [1.165, 1.54) is 29.4 Å². The molecule has 2 rings (SSSR count). The summed E-state index contributed by atoms with van der Waals surface area (Å²) in [4.78, 5) is 8.44. The van der Waals surface area contributed by atoms with Gasteiger partial charge in [-0.05, 0) is 32.7 Å². The van der Waals surface area contributed by atoms with E-state index in [0.29, 0.717) is 18.0 Å². The van der Waals surface area contributed by atoms with Crippen LogP contribution in [0.2, 0.25) is 0 Å². The third-order valence-electron chi connectivity index (χ3n) is 3.69. The van der Waals surface area contributed by atoms with Gasteiger partial charge in [0.25, 0.3) is 0 Å². The van der Waals surface area contributed by atoms with E-state index in [0.717, 1.165) is 0 Å². The smallest absolute Gasteiger partial charge is 0.185 e. The van der Waals surface area contributed by atoms with Crippen LogP contribution >= 0.6 is 11.3 Å². The van der Waals surface area contributed by atoms with E-state index in [-0.39, 0.29) is 0 Å². The molecule has 96 valence electrons. The van der Waals surface area contributed by atoms with Gasteiger partial charge in [-0.25, -0.2) is 4.98 Å². The van der Waals surface area contributed by atoms with Crippen LogP contribution in [-0.2, 0) is 0 Å². The molecule has 1 aliphatic heterocycles. The summed E-state index contributed by atoms with van der Waals surface area (Å²) in [5, 5.41) is 4.48. The maximum atomic E-state index is 4.60. The summed E-state index contributed by atoms with van der Waals surface area (Å²) in [6.07, 6.45) is 4.64. The van der Waals surface area contributed by atoms with E-state index in [9.17, 15) is 0 Å². The minimum Gasteiger partial charge on any atom is -0.345 e. The SMILES string of the molecule is CNC(C)c1cnc(N2CCCC2C(C)C)s1. The van der Waals surface area contributed by atoms with Gasteiger partial charge in [-0.1, -0.05) is 13.8 Å².